The first kappa shape index (κ1) is 17.2. The Morgan fingerprint density at radius 3 is 2.44 bits per heavy atom. The number of halogens is 3. The van der Waals surface area contributed by atoms with Gasteiger partial charge in [-0.2, -0.15) is 0 Å². The molecule has 0 saturated carbocycles. The fraction of sp³-hybridized carbons (Fsp3) is 0.909. The molecular formula is C11H20F3NO3. The molecule has 0 fully saturated rings. The summed E-state index contributed by atoms with van der Waals surface area (Å²) in [6.07, 6.45) is -2.56. The summed E-state index contributed by atoms with van der Waals surface area (Å²) in [5, 5.41) is 11.5. The van der Waals surface area contributed by atoms with Gasteiger partial charge in [0.2, 0.25) is 0 Å². The lowest BCUT2D eigenvalue weighted by Crippen LogP contribution is -2.31. The lowest BCUT2D eigenvalue weighted by molar-refractivity contribution is -0.323. The number of carboxylic acid groups (broad SMARTS) is 1. The maximum atomic E-state index is 11.6. The quantitative estimate of drug-likeness (QED) is 0.632. The van der Waals surface area contributed by atoms with Crippen LogP contribution in [0.15, 0.2) is 0 Å². The van der Waals surface area contributed by atoms with Crippen molar-refractivity contribution in [3.8, 4) is 0 Å². The highest BCUT2D eigenvalue weighted by atomic mass is 19.4. The molecule has 2 N–H and O–H groups in total. The van der Waals surface area contributed by atoms with Crippen LogP contribution in [-0.2, 0) is 9.53 Å². The van der Waals surface area contributed by atoms with E-state index in [9.17, 15) is 18.0 Å². The van der Waals surface area contributed by atoms with Gasteiger partial charge < -0.3 is 10.4 Å². The molecule has 0 spiro atoms. The molecule has 2 atom stereocenters. The van der Waals surface area contributed by atoms with Gasteiger partial charge in [0.25, 0.3) is 0 Å². The summed E-state index contributed by atoms with van der Waals surface area (Å²) in [6.45, 7) is 3.19. The van der Waals surface area contributed by atoms with Crippen LogP contribution in [0.25, 0.3) is 0 Å². The van der Waals surface area contributed by atoms with Crippen molar-refractivity contribution in [2.45, 2.75) is 45.5 Å². The van der Waals surface area contributed by atoms with Gasteiger partial charge in [-0.3, -0.25) is 9.53 Å². The maximum Gasteiger partial charge on any atom is 0.522 e. The first-order chi connectivity index (χ1) is 8.22. The van der Waals surface area contributed by atoms with Crippen LogP contribution in [0.2, 0.25) is 0 Å². The van der Waals surface area contributed by atoms with Crippen molar-refractivity contribution in [2.75, 3.05) is 13.2 Å². The van der Waals surface area contributed by atoms with E-state index in [1.54, 1.807) is 6.92 Å². The van der Waals surface area contributed by atoms with Crippen LogP contribution in [0.1, 0.15) is 33.1 Å². The molecule has 0 aromatic carbocycles. The molecule has 4 nitrogen and oxygen atoms in total. The Balaban J connectivity index is 3.49. The molecule has 0 heterocycles. The summed E-state index contributed by atoms with van der Waals surface area (Å²) in [4.78, 5) is 10.5. The number of hydrogen-bond donors (Lipinski definition) is 2. The third-order valence-corrected chi connectivity index (χ3v) is 2.56. The zero-order valence-corrected chi connectivity index (χ0v) is 10.6. The van der Waals surface area contributed by atoms with Crippen LogP contribution in [0.3, 0.4) is 0 Å². The average molecular weight is 271 g/mol. The van der Waals surface area contributed by atoms with Gasteiger partial charge in [0.15, 0.2) is 0 Å². The van der Waals surface area contributed by atoms with Crippen molar-refractivity contribution in [1.29, 1.82) is 0 Å². The van der Waals surface area contributed by atoms with Gasteiger partial charge in [-0.15, -0.1) is 13.2 Å². The predicted molar refractivity (Wildman–Crippen MR) is 60.1 cm³/mol. The average Bonchev–Trinajstić information content (AvgIpc) is 2.22. The number of hydrogen-bond acceptors (Lipinski definition) is 3. The molecule has 0 radical (unpaired) electrons. The second-order valence-corrected chi connectivity index (χ2v) is 4.32. The Bertz CT molecular complexity index is 246. The summed E-state index contributed by atoms with van der Waals surface area (Å²) < 4.78 is 38.5. The molecule has 0 bridgehead atoms. The number of nitrogens with one attached hydrogen (secondary N) is 1. The van der Waals surface area contributed by atoms with Crippen molar-refractivity contribution >= 4 is 5.97 Å². The van der Waals surface area contributed by atoms with Crippen molar-refractivity contribution in [2.24, 2.45) is 5.92 Å². The smallest absolute Gasteiger partial charge is 0.481 e. The molecule has 0 aliphatic rings. The Hall–Kier alpha value is -0.820. The number of ether oxygens (including phenoxy) is 1. The van der Waals surface area contributed by atoms with Gasteiger partial charge >= 0.3 is 12.3 Å². The highest BCUT2D eigenvalue weighted by Crippen LogP contribution is 2.15. The summed E-state index contributed by atoms with van der Waals surface area (Å²) in [5.74, 6) is -1.21. The van der Waals surface area contributed by atoms with Crippen LogP contribution < -0.4 is 5.32 Å². The van der Waals surface area contributed by atoms with E-state index < -0.39 is 18.9 Å². The summed E-state index contributed by atoms with van der Waals surface area (Å²) in [6, 6.07) is 0.0443. The second-order valence-electron chi connectivity index (χ2n) is 4.32. The molecule has 108 valence electrons. The summed E-state index contributed by atoms with van der Waals surface area (Å²) in [7, 11) is 0. The zero-order chi connectivity index (χ0) is 14.2. The number of alkyl halides is 3. The Morgan fingerprint density at radius 2 is 1.94 bits per heavy atom. The van der Waals surface area contributed by atoms with Crippen LogP contribution in [0.4, 0.5) is 13.2 Å². The number of carbonyl (C=O) groups is 1. The summed E-state index contributed by atoms with van der Waals surface area (Å²) in [5.41, 5.74) is 0. The van der Waals surface area contributed by atoms with Gasteiger partial charge in [-0.25, -0.2) is 0 Å². The normalized spacial score (nSPS) is 15.4. The van der Waals surface area contributed by atoms with E-state index >= 15 is 0 Å². The molecular weight excluding hydrogens is 251 g/mol. The zero-order valence-electron chi connectivity index (χ0n) is 10.6. The number of carboxylic acids is 1. The van der Waals surface area contributed by atoms with Gasteiger partial charge in [0.1, 0.15) is 0 Å². The van der Waals surface area contributed by atoms with E-state index in [1.165, 1.54) is 0 Å². The van der Waals surface area contributed by atoms with E-state index in [4.69, 9.17) is 5.11 Å². The van der Waals surface area contributed by atoms with E-state index in [1.807, 2.05) is 6.92 Å². The molecule has 0 aliphatic carbocycles. The highest BCUT2D eigenvalue weighted by Gasteiger charge is 2.28. The number of rotatable bonds is 9. The van der Waals surface area contributed by atoms with Crippen molar-refractivity contribution in [3.63, 3.8) is 0 Å². The minimum atomic E-state index is -4.58. The molecule has 0 amide bonds. The molecule has 0 aromatic rings. The van der Waals surface area contributed by atoms with Crippen molar-refractivity contribution in [1.82, 2.24) is 5.32 Å². The number of aliphatic carboxylic acids is 1. The monoisotopic (exact) mass is 271 g/mol. The second kappa shape index (κ2) is 8.31. The first-order valence-corrected chi connectivity index (χ1v) is 5.89. The lowest BCUT2D eigenvalue weighted by atomic mass is 10.0. The van der Waals surface area contributed by atoms with Crippen LogP contribution in [0.5, 0.6) is 0 Å². The third kappa shape index (κ3) is 10.3. The van der Waals surface area contributed by atoms with Crippen LogP contribution in [-0.4, -0.2) is 36.6 Å². The van der Waals surface area contributed by atoms with E-state index in [2.05, 4.69) is 10.1 Å². The Labute approximate surface area is 105 Å². The van der Waals surface area contributed by atoms with E-state index in [-0.39, 0.29) is 18.5 Å². The van der Waals surface area contributed by atoms with E-state index in [0.717, 1.165) is 12.8 Å². The SMILES string of the molecule is CC(CCCC(C)C(=O)O)NCCOC(F)(F)F. The molecule has 0 aromatic heterocycles. The predicted octanol–water partition coefficient (Wildman–Crippen LogP) is 2.39. The summed E-state index contributed by atoms with van der Waals surface area (Å²) >= 11 is 0. The molecule has 0 rings (SSSR count). The van der Waals surface area contributed by atoms with Gasteiger partial charge in [0.05, 0.1) is 12.5 Å². The lowest BCUT2D eigenvalue weighted by Gasteiger charge is -2.15. The Morgan fingerprint density at radius 1 is 1.33 bits per heavy atom. The fourth-order valence-corrected chi connectivity index (χ4v) is 1.43. The maximum absolute atomic E-state index is 11.6. The van der Waals surface area contributed by atoms with Gasteiger partial charge in [0, 0.05) is 12.6 Å². The highest BCUT2D eigenvalue weighted by molar-refractivity contribution is 5.69. The fourth-order valence-electron chi connectivity index (χ4n) is 1.43. The Kier molecular flexibility index (Phi) is 7.93. The van der Waals surface area contributed by atoms with Crippen molar-refractivity contribution in [3.05, 3.63) is 0 Å². The molecule has 7 heteroatoms. The van der Waals surface area contributed by atoms with Gasteiger partial charge in [-0.05, 0) is 19.8 Å². The standard InChI is InChI=1S/C11H20F3NO3/c1-8(10(16)17)4-3-5-9(2)15-6-7-18-11(12,13)14/h8-9,15H,3-7H2,1-2H3,(H,16,17). The largest absolute Gasteiger partial charge is 0.522 e. The van der Waals surface area contributed by atoms with Crippen LogP contribution in [0, 0.1) is 5.92 Å². The first-order valence-electron chi connectivity index (χ1n) is 5.89. The van der Waals surface area contributed by atoms with Crippen molar-refractivity contribution < 1.29 is 27.8 Å². The molecule has 0 aliphatic heterocycles. The minimum absolute atomic E-state index is 0.0443. The molecule has 2 unspecified atom stereocenters. The third-order valence-electron chi connectivity index (χ3n) is 2.56. The topological polar surface area (TPSA) is 58.6 Å². The van der Waals surface area contributed by atoms with Crippen LogP contribution >= 0.6 is 0 Å². The molecule has 18 heavy (non-hydrogen) atoms. The van der Waals surface area contributed by atoms with E-state index in [0.29, 0.717) is 6.42 Å². The molecule has 0 saturated heterocycles. The minimum Gasteiger partial charge on any atom is -0.481 e. The van der Waals surface area contributed by atoms with Gasteiger partial charge in [-0.1, -0.05) is 13.3 Å².